The highest BCUT2D eigenvalue weighted by atomic mass is 35.5. The third-order valence-electron chi connectivity index (χ3n) is 6.07. The van der Waals surface area contributed by atoms with Gasteiger partial charge in [0.25, 0.3) is 0 Å². The topological polar surface area (TPSA) is 31.1 Å². The van der Waals surface area contributed by atoms with Crippen LogP contribution in [-0.2, 0) is 0 Å². The number of benzene rings is 2. The lowest BCUT2D eigenvalue weighted by atomic mass is 9.96. The van der Waals surface area contributed by atoms with Crippen molar-refractivity contribution in [2.45, 2.75) is 18.8 Å². The molecule has 0 bridgehead atoms. The zero-order valence-electron chi connectivity index (χ0n) is 15.6. The maximum Gasteiger partial charge on any atom is 0.123 e. The fraction of sp³-hybridized carbons (Fsp3) is 0.304. The third-order valence-corrected chi connectivity index (χ3v) is 6.30. The monoisotopic (exact) mass is 395 g/mol. The van der Waals surface area contributed by atoms with E-state index >= 15 is 0 Å². The number of nitrogens with one attached hydrogen (secondary N) is 2. The van der Waals surface area contributed by atoms with Gasteiger partial charge >= 0.3 is 0 Å². The van der Waals surface area contributed by atoms with Crippen molar-refractivity contribution in [1.29, 1.82) is 0 Å². The number of anilines is 1. The summed E-state index contributed by atoms with van der Waals surface area (Å²) < 4.78 is 13.6. The molecule has 3 nitrogen and oxygen atoms in total. The van der Waals surface area contributed by atoms with Gasteiger partial charge in [-0.25, -0.2) is 4.39 Å². The Hall–Kier alpha value is -2.30. The molecule has 1 atom stereocenters. The van der Waals surface area contributed by atoms with Crippen LogP contribution in [0.5, 0.6) is 0 Å². The van der Waals surface area contributed by atoms with Crippen LogP contribution in [0.4, 0.5) is 10.1 Å². The smallest absolute Gasteiger partial charge is 0.123 e. The Kier molecular flexibility index (Phi) is 4.61. The highest BCUT2D eigenvalue weighted by molar-refractivity contribution is 6.31. The lowest BCUT2D eigenvalue weighted by molar-refractivity contribution is 0.290. The molecule has 3 aromatic rings. The van der Waals surface area contributed by atoms with Crippen molar-refractivity contribution in [1.82, 2.24) is 9.88 Å². The standard InChI is InChI=1S/C23H23ClFN3/c24-17-1-3-19-21(14-27-23(19)11-17)15-5-8-28(9-6-15)10-7-16-13-26-22-4-2-18(25)12-20(16)22/h1-5,11-12,14,16,26-27H,6-10,13H2. The summed E-state index contributed by atoms with van der Waals surface area (Å²) in [6, 6.07) is 11.1. The average Bonchev–Trinajstić information content (AvgIpc) is 3.30. The molecule has 0 fully saturated rings. The number of fused-ring (bicyclic) bond motifs is 2. The first-order chi connectivity index (χ1) is 13.7. The molecule has 5 heteroatoms. The fourth-order valence-corrected chi connectivity index (χ4v) is 4.67. The van der Waals surface area contributed by atoms with Gasteiger partial charge in [-0.3, -0.25) is 4.90 Å². The maximum absolute atomic E-state index is 13.6. The number of rotatable bonds is 4. The molecule has 1 aromatic heterocycles. The summed E-state index contributed by atoms with van der Waals surface area (Å²) in [5.41, 5.74) is 6.00. The minimum Gasteiger partial charge on any atom is -0.384 e. The Morgan fingerprint density at radius 3 is 2.96 bits per heavy atom. The molecule has 0 spiro atoms. The molecule has 0 aliphatic carbocycles. The van der Waals surface area contributed by atoms with Crippen LogP contribution in [0.25, 0.3) is 16.5 Å². The first-order valence-corrected chi connectivity index (χ1v) is 10.3. The van der Waals surface area contributed by atoms with Crippen molar-refractivity contribution in [2.75, 3.05) is 31.5 Å². The second-order valence-electron chi connectivity index (χ2n) is 7.77. The van der Waals surface area contributed by atoms with Crippen LogP contribution in [0.2, 0.25) is 5.02 Å². The van der Waals surface area contributed by atoms with Crippen LogP contribution < -0.4 is 5.32 Å². The average molecular weight is 396 g/mol. The van der Waals surface area contributed by atoms with Gasteiger partial charge in [-0.2, -0.15) is 0 Å². The summed E-state index contributed by atoms with van der Waals surface area (Å²) in [5, 5.41) is 5.39. The predicted molar refractivity (Wildman–Crippen MR) is 115 cm³/mol. The molecular formula is C23H23ClFN3. The number of aromatic nitrogens is 1. The number of H-pyrrole nitrogens is 1. The van der Waals surface area contributed by atoms with E-state index in [2.05, 4.69) is 33.5 Å². The maximum atomic E-state index is 13.6. The number of aromatic amines is 1. The normalized spacial score (nSPS) is 19.5. The van der Waals surface area contributed by atoms with E-state index < -0.39 is 0 Å². The van der Waals surface area contributed by atoms with Crippen LogP contribution in [0.3, 0.4) is 0 Å². The van der Waals surface area contributed by atoms with Crippen LogP contribution in [0, 0.1) is 5.82 Å². The molecular weight excluding hydrogens is 373 g/mol. The van der Waals surface area contributed by atoms with Gasteiger partial charge in [0.15, 0.2) is 0 Å². The minimum absolute atomic E-state index is 0.141. The van der Waals surface area contributed by atoms with Crippen molar-refractivity contribution in [3.8, 4) is 0 Å². The van der Waals surface area contributed by atoms with Gasteiger partial charge in [0.1, 0.15) is 5.82 Å². The zero-order chi connectivity index (χ0) is 19.1. The fourth-order valence-electron chi connectivity index (χ4n) is 4.49. The predicted octanol–water partition coefficient (Wildman–Crippen LogP) is 5.65. The van der Waals surface area contributed by atoms with Gasteiger partial charge in [0.05, 0.1) is 0 Å². The third kappa shape index (κ3) is 3.31. The molecule has 28 heavy (non-hydrogen) atoms. The molecule has 0 saturated carbocycles. The number of nitrogens with zero attached hydrogens (tertiary/aromatic N) is 1. The highest BCUT2D eigenvalue weighted by Gasteiger charge is 2.24. The van der Waals surface area contributed by atoms with E-state index in [1.54, 1.807) is 6.07 Å². The first-order valence-electron chi connectivity index (χ1n) is 9.89. The lowest BCUT2D eigenvalue weighted by Crippen LogP contribution is -2.30. The Bertz CT molecular complexity index is 1060. The van der Waals surface area contributed by atoms with E-state index in [1.807, 2.05) is 18.2 Å². The minimum atomic E-state index is -0.141. The van der Waals surface area contributed by atoms with E-state index in [4.69, 9.17) is 11.6 Å². The SMILES string of the molecule is Fc1ccc2c(c1)C(CCN1CC=C(c3c[nH]c4cc(Cl)ccc34)CC1)CN2. The van der Waals surface area contributed by atoms with Crippen molar-refractivity contribution in [2.24, 2.45) is 0 Å². The van der Waals surface area contributed by atoms with Crippen LogP contribution >= 0.6 is 11.6 Å². The summed E-state index contributed by atoms with van der Waals surface area (Å²) in [6.45, 7) is 3.97. The van der Waals surface area contributed by atoms with E-state index in [9.17, 15) is 4.39 Å². The molecule has 5 rings (SSSR count). The first kappa shape index (κ1) is 17.8. The lowest BCUT2D eigenvalue weighted by Gasteiger charge is -2.27. The Morgan fingerprint density at radius 2 is 2.11 bits per heavy atom. The molecule has 2 aliphatic rings. The van der Waals surface area contributed by atoms with E-state index in [0.717, 1.165) is 60.8 Å². The molecule has 0 saturated heterocycles. The van der Waals surface area contributed by atoms with Gasteiger partial charge in [-0.1, -0.05) is 23.7 Å². The van der Waals surface area contributed by atoms with Crippen molar-refractivity contribution in [3.63, 3.8) is 0 Å². The molecule has 0 radical (unpaired) electrons. The van der Waals surface area contributed by atoms with E-state index in [1.165, 1.54) is 22.6 Å². The zero-order valence-corrected chi connectivity index (χ0v) is 16.4. The number of hydrogen-bond acceptors (Lipinski definition) is 2. The highest BCUT2D eigenvalue weighted by Crippen LogP contribution is 2.35. The summed E-state index contributed by atoms with van der Waals surface area (Å²) in [4.78, 5) is 5.83. The molecule has 0 amide bonds. The van der Waals surface area contributed by atoms with Gasteiger partial charge in [0.2, 0.25) is 0 Å². The van der Waals surface area contributed by atoms with Crippen LogP contribution in [0.1, 0.15) is 29.9 Å². The summed E-state index contributed by atoms with van der Waals surface area (Å²) in [5.74, 6) is 0.257. The largest absolute Gasteiger partial charge is 0.384 e. The van der Waals surface area contributed by atoms with Crippen molar-refractivity contribution >= 4 is 33.8 Å². The molecule has 2 aliphatic heterocycles. The van der Waals surface area contributed by atoms with Gasteiger partial charge in [-0.05, 0) is 60.9 Å². The Morgan fingerprint density at radius 1 is 1.18 bits per heavy atom. The van der Waals surface area contributed by atoms with E-state index in [0.29, 0.717) is 5.92 Å². The van der Waals surface area contributed by atoms with Gasteiger partial charge in [-0.15, -0.1) is 0 Å². The van der Waals surface area contributed by atoms with Gasteiger partial charge in [0, 0.05) is 58.9 Å². The molecule has 2 N–H and O–H groups in total. The molecule has 2 aromatic carbocycles. The van der Waals surface area contributed by atoms with Crippen molar-refractivity contribution < 1.29 is 4.39 Å². The number of halogens is 2. The van der Waals surface area contributed by atoms with Crippen LogP contribution in [-0.4, -0.2) is 36.1 Å². The second kappa shape index (κ2) is 7.26. The molecule has 1 unspecified atom stereocenters. The quantitative estimate of drug-likeness (QED) is 0.598. The van der Waals surface area contributed by atoms with Crippen molar-refractivity contribution in [3.05, 3.63) is 70.6 Å². The number of hydrogen-bond donors (Lipinski definition) is 2. The summed E-state index contributed by atoms with van der Waals surface area (Å²) in [6.07, 6.45) is 6.54. The van der Waals surface area contributed by atoms with E-state index in [-0.39, 0.29) is 5.82 Å². The molecule has 3 heterocycles. The second-order valence-corrected chi connectivity index (χ2v) is 8.21. The summed E-state index contributed by atoms with van der Waals surface area (Å²) in [7, 11) is 0. The molecule has 144 valence electrons. The summed E-state index contributed by atoms with van der Waals surface area (Å²) >= 11 is 6.10. The van der Waals surface area contributed by atoms with Gasteiger partial charge < -0.3 is 10.3 Å². The Labute approximate surface area is 169 Å². The van der Waals surface area contributed by atoms with Crippen LogP contribution in [0.15, 0.2) is 48.7 Å². The Balaban J connectivity index is 1.24.